The SMILES string of the molecule is CC(=O)c1cccc(NC(=O)C2CCCN2S(=O)(=O)c2ccc(Cl)s2)c1. The van der Waals surface area contributed by atoms with E-state index in [1.165, 1.54) is 23.4 Å². The van der Waals surface area contributed by atoms with E-state index < -0.39 is 22.0 Å². The Hall–Kier alpha value is -1.74. The molecule has 6 nitrogen and oxygen atoms in total. The molecule has 1 fully saturated rings. The van der Waals surface area contributed by atoms with Crippen molar-refractivity contribution in [2.75, 3.05) is 11.9 Å². The molecule has 1 aliphatic rings. The third kappa shape index (κ3) is 3.83. The van der Waals surface area contributed by atoms with E-state index in [0.29, 0.717) is 28.4 Å². The number of thiophene rings is 1. The van der Waals surface area contributed by atoms with Crippen molar-refractivity contribution >= 4 is 50.3 Å². The van der Waals surface area contributed by atoms with E-state index >= 15 is 0 Å². The molecule has 3 rings (SSSR count). The number of carbonyl (C=O) groups excluding carboxylic acids is 2. The molecule has 0 aliphatic carbocycles. The normalized spacial score (nSPS) is 18.0. The smallest absolute Gasteiger partial charge is 0.253 e. The Morgan fingerprint density at radius 2 is 2.04 bits per heavy atom. The van der Waals surface area contributed by atoms with Gasteiger partial charge in [0, 0.05) is 17.8 Å². The molecular weight excluding hydrogens is 396 g/mol. The number of amides is 1. The van der Waals surface area contributed by atoms with Gasteiger partial charge in [0.2, 0.25) is 5.91 Å². The summed E-state index contributed by atoms with van der Waals surface area (Å²) in [7, 11) is -3.77. The second-order valence-electron chi connectivity index (χ2n) is 5.96. The fraction of sp³-hybridized carbons (Fsp3) is 0.294. The Morgan fingerprint density at radius 3 is 2.69 bits per heavy atom. The van der Waals surface area contributed by atoms with E-state index in [1.807, 2.05) is 0 Å². The van der Waals surface area contributed by atoms with Gasteiger partial charge in [0.15, 0.2) is 5.78 Å². The van der Waals surface area contributed by atoms with Gasteiger partial charge in [-0.25, -0.2) is 8.42 Å². The van der Waals surface area contributed by atoms with Crippen LogP contribution in [0.4, 0.5) is 5.69 Å². The number of rotatable bonds is 5. The molecular formula is C17H17ClN2O4S2. The zero-order valence-electron chi connectivity index (χ0n) is 13.9. The summed E-state index contributed by atoms with van der Waals surface area (Å²) < 4.78 is 27.3. The van der Waals surface area contributed by atoms with Gasteiger partial charge in [-0.2, -0.15) is 4.31 Å². The Balaban J connectivity index is 1.80. The van der Waals surface area contributed by atoms with Crippen LogP contribution in [-0.2, 0) is 14.8 Å². The fourth-order valence-electron chi connectivity index (χ4n) is 2.88. The summed E-state index contributed by atoms with van der Waals surface area (Å²) in [6.07, 6.45) is 1.04. The molecule has 1 atom stereocenters. The molecule has 1 amide bonds. The summed E-state index contributed by atoms with van der Waals surface area (Å²) in [4.78, 5) is 24.1. The van der Waals surface area contributed by atoms with E-state index in [4.69, 9.17) is 11.6 Å². The van der Waals surface area contributed by atoms with Crippen molar-refractivity contribution in [1.29, 1.82) is 0 Å². The second kappa shape index (κ2) is 7.48. The van der Waals surface area contributed by atoms with E-state index in [2.05, 4.69) is 5.32 Å². The monoisotopic (exact) mass is 412 g/mol. The van der Waals surface area contributed by atoms with E-state index in [1.54, 1.807) is 24.3 Å². The van der Waals surface area contributed by atoms with Gasteiger partial charge in [0.05, 0.1) is 4.34 Å². The number of benzene rings is 1. The first-order valence-corrected chi connectivity index (χ1v) is 10.6. The predicted octanol–water partition coefficient (Wildman–Crippen LogP) is 3.40. The highest BCUT2D eigenvalue weighted by Gasteiger charge is 2.40. The highest BCUT2D eigenvalue weighted by Crippen LogP contribution is 2.32. The fourth-order valence-corrected chi connectivity index (χ4v) is 6.15. The highest BCUT2D eigenvalue weighted by molar-refractivity contribution is 7.91. The highest BCUT2D eigenvalue weighted by atomic mass is 35.5. The molecule has 0 saturated carbocycles. The average molecular weight is 413 g/mol. The third-order valence-electron chi connectivity index (χ3n) is 4.15. The first-order chi connectivity index (χ1) is 12.3. The zero-order valence-corrected chi connectivity index (χ0v) is 16.3. The Kier molecular flexibility index (Phi) is 5.47. The molecule has 1 saturated heterocycles. The summed E-state index contributed by atoms with van der Waals surface area (Å²) in [5.74, 6) is -0.518. The first kappa shape index (κ1) is 19.0. The van der Waals surface area contributed by atoms with Gasteiger partial charge in [-0.05, 0) is 44.0 Å². The van der Waals surface area contributed by atoms with Crippen molar-refractivity contribution in [3.8, 4) is 0 Å². The number of nitrogens with zero attached hydrogens (tertiary/aromatic N) is 1. The lowest BCUT2D eigenvalue weighted by Crippen LogP contribution is -2.42. The molecule has 0 spiro atoms. The van der Waals surface area contributed by atoms with Crippen LogP contribution in [0.15, 0.2) is 40.6 Å². The minimum atomic E-state index is -3.77. The van der Waals surface area contributed by atoms with Crippen LogP contribution in [-0.4, -0.2) is 37.0 Å². The largest absolute Gasteiger partial charge is 0.325 e. The summed E-state index contributed by atoms with van der Waals surface area (Å²) in [6.45, 7) is 1.72. The van der Waals surface area contributed by atoms with Crippen molar-refractivity contribution in [3.05, 3.63) is 46.3 Å². The molecule has 0 bridgehead atoms. The Bertz CT molecular complexity index is 955. The maximum Gasteiger partial charge on any atom is 0.253 e. The zero-order chi connectivity index (χ0) is 18.9. The molecule has 1 unspecified atom stereocenters. The number of halogens is 1. The van der Waals surface area contributed by atoms with Crippen molar-refractivity contribution in [3.63, 3.8) is 0 Å². The molecule has 1 aromatic carbocycles. The number of Topliss-reactive ketones (excluding diaryl/α,β-unsaturated/α-hetero) is 1. The molecule has 1 N–H and O–H groups in total. The lowest BCUT2D eigenvalue weighted by Gasteiger charge is -2.22. The lowest BCUT2D eigenvalue weighted by molar-refractivity contribution is -0.119. The number of hydrogen-bond donors (Lipinski definition) is 1. The minimum Gasteiger partial charge on any atom is -0.325 e. The molecule has 9 heteroatoms. The topological polar surface area (TPSA) is 83.6 Å². The van der Waals surface area contributed by atoms with Crippen LogP contribution in [0.5, 0.6) is 0 Å². The molecule has 1 aliphatic heterocycles. The summed E-state index contributed by atoms with van der Waals surface area (Å²) in [5, 5.41) is 2.72. The summed E-state index contributed by atoms with van der Waals surface area (Å²) in [5.41, 5.74) is 0.943. The molecule has 0 radical (unpaired) electrons. The molecule has 2 aromatic rings. The average Bonchev–Trinajstić information content (AvgIpc) is 3.24. The second-order valence-corrected chi connectivity index (χ2v) is 9.79. The van der Waals surface area contributed by atoms with Crippen LogP contribution in [0.1, 0.15) is 30.1 Å². The number of anilines is 1. The summed E-state index contributed by atoms with van der Waals surface area (Å²) in [6, 6.07) is 8.75. The van der Waals surface area contributed by atoms with Crippen molar-refractivity contribution in [1.82, 2.24) is 4.31 Å². The van der Waals surface area contributed by atoms with Gasteiger partial charge in [-0.15, -0.1) is 11.3 Å². The van der Waals surface area contributed by atoms with Gasteiger partial charge in [0.1, 0.15) is 10.3 Å². The quantitative estimate of drug-likeness (QED) is 0.763. The van der Waals surface area contributed by atoms with Crippen LogP contribution in [0.3, 0.4) is 0 Å². The van der Waals surface area contributed by atoms with Crippen LogP contribution in [0.2, 0.25) is 4.34 Å². The van der Waals surface area contributed by atoms with Crippen LogP contribution in [0, 0.1) is 0 Å². The van der Waals surface area contributed by atoms with Crippen LogP contribution >= 0.6 is 22.9 Å². The van der Waals surface area contributed by atoms with Crippen LogP contribution in [0.25, 0.3) is 0 Å². The Morgan fingerprint density at radius 1 is 1.27 bits per heavy atom. The predicted molar refractivity (Wildman–Crippen MR) is 101 cm³/mol. The lowest BCUT2D eigenvalue weighted by atomic mass is 10.1. The van der Waals surface area contributed by atoms with E-state index in [9.17, 15) is 18.0 Å². The van der Waals surface area contributed by atoms with Gasteiger partial charge in [-0.1, -0.05) is 23.7 Å². The maximum absolute atomic E-state index is 12.8. The number of carbonyl (C=O) groups is 2. The Labute approximate surface area is 160 Å². The van der Waals surface area contributed by atoms with Gasteiger partial charge >= 0.3 is 0 Å². The number of nitrogens with one attached hydrogen (secondary N) is 1. The molecule has 1 aromatic heterocycles. The van der Waals surface area contributed by atoms with E-state index in [-0.39, 0.29) is 16.5 Å². The van der Waals surface area contributed by atoms with Gasteiger partial charge < -0.3 is 5.32 Å². The van der Waals surface area contributed by atoms with E-state index in [0.717, 1.165) is 11.3 Å². The third-order valence-corrected chi connectivity index (χ3v) is 7.76. The number of ketones is 1. The number of hydrogen-bond acceptors (Lipinski definition) is 5. The molecule has 26 heavy (non-hydrogen) atoms. The van der Waals surface area contributed by atoms with Gasteiger partial charge in [0.25, 0.3) is 10.0 Å². The molecule has 138 valence electrons. The van der Waals surface area contributed by atoms with Crippen LogP contribution < -0.4 is 5.32 Å². The first-order valence-electron chi connectivity index (χ1n) is 7.98. The van der Waals surface area contributed by atoms with Gasteiger partial charge in [-0.3, -0.25) is 9.59 Å². The maximum atomic E-state index is 12.8. The minimum absolute atomic E-state index is 0.110. The van der Waals surface area contributed by atoms with Crippen molar-refractivity contribution in [2.24, 2.45) is 0 Å². The number of sulfonamides is 1. The van der Waals surface area contributed by atoms with Crippen molar-refractivity contribution in [2.45, 2.75) is 30.0 Å². The molecule has 2 heterocycles. The standard InChI is InChI=1S/C17H17ClN2O4S2/c1-11(21)12-4-2-5-13(10-12)19-17(22)14-6-3-9-20(14)26(23,24)16-8-7-15(18)25-16/h2,4-5,7-8,10,14H,3,6,9H2,1H3,(H,19,22). The van der Waals surface area contributed by atoms with Crippen molar-refractivity contribution < 1.29 is 18.0 Å². The summed E-state index contributed by atoms with van der Waals surface area (Å²) >= 11 is 6.82.